The molecule has 1 amide bonds. The monoisotopic (exact) mass is 429 g/mol. The van der Waals surface area contributed by atoms with Gasteiger partial charge in [-0.3, -0.25) is 4.79 Å². The van der Waals surface area contributed by atoms with Crippen LogP contribution in [0.1, 0.15) is 13.3 Å². The van der Waals surface area contributed by atoms with E-state index in [1.54, 1.807) is 12.1 Å². The number of methoxy groups -OCH3 is 2. The minimum absolute atomic E-state index is 0.169. The molecule has 0 bridgehead atoms. The van der Waals surface area contributed by atoms with Crippen LogP contribution in [0.4, 0.5) is 0 Å². The highest BCUT2D eigenvalue weighted by Crippen LogP contribution is 2.35. The van der Waals surface area contributed by atoms with Crippen molar-refractivity contribution in [3.8, 4) is 11.5 Å². The molecule has 1 aromatic carbocycles. The Morgan fingerprint density at radius 1 is 1.23 bits per heavy atom. The van der Waals surface area contributed by atoms with Crippen molar-refractivity contribution >= 4 is 11.9 Å². The number of rotatable bonds is 8. The van der Waals surface area contributed by atoms with E-state index >= 15 is 0 Å². The number of aliphatic hydroxyl groups excluding tert-OH is 4. The molecule has 1 fully saturated rings. The van der Waals surface area contributed by atoms with Crippen molar-refractivity contribution in [3.63, 3.8) is 0 Å². The highest BCUT2D eigenvalue weighted by molar-refractivity contribution is 5.79. The first kappa shape index (κ1) is 23.8. The summed E-state index contributed by atoms with van der Waals surface area (Å²) in [5.74, 6) is -3.04. The van der Waals surface area contributed by atoms with Crippen molar-refractivity contribution in [2.45, 2.75) is 49.6 Å². The SMILES string of the molecule is COC(=O)[C@@]1(Oc2ccc(OC)cc2)C[C@H](O)[C@@H](NC(C)=O)[C@H]([C@H](O)[C@H](O)CO)O1. The molecule has 1 aliphatic rings. The third-order valence-electron chi connectivity index (χ3n) is 4.70. The van der Waals surface area contributed by atoms with Crippen LogP contribution in [-0.2, 0) is 19.1 Å². The first-order valence-corrected chi connectivity index (χ1v) is 9.19. The first-order chi connectivity index (χ1) is 14.2. The molecule has 1 aromatic rings. The van der Waals surface area contributed by atoms with E-state index < -0.39 is 61.1 Å². The number of carbonyl (C=O) groups excluding carboxylic acids is 2. The van der Waals surface area contributed by atoms with E-state index in [4.69, 9.17) is 18.9 Å². The van der Waals surface area contributed by atoms with E-state index in [0.29, 0.717) is 5.75 Å². The Labute approximate surface area is 173 Å². The number of ether oxygens (including phenoxy) is 4. The standard InChI is InChI=1S/C19H27NO10/c1-10(22)20-15-13(23)8-19(18(26)28-3,30-17(15)16(25)14(24)9-21)29-12-6-4-11(27-2)5-7-12/h4-7,13-17,21,23-25H,8-9H2,1-3H3,(H,20,22)/t13-,14+,15+,16+,17+,19+/m0/s1. The van der Waals surface area contributed by atoms with Gasteiger partial charge in [0.1, 0.15) is 29.8 Å². The second-order valence-electron chi connectivity index (χ2n) is 6.84. The zero-order valence-corrected chi connectivity index (χ0v) is 16.8. The lowest BCUT2D eigenvalue weighted by molar-refractivity contribution is -0.285. The summed E-state index contributed by atoms with van der Waals surface area (Å²) in [6, 6.07) is 4.93. The lowest BCUT2D eigenvalue weighted by atomic mass is 9.88. The topological polar surface area (TPSA) is 164 Å². The van der Waals surface area contributed by atoms with Crippen molar-refractivity contribution in [2.75, 3.05) is 20.8 Å². The second kappa shape index (κ2) is 10.0. The maximum Gasteiger partial charge on any atom is 0.379 e. The van der Waals surface area contributed by atoms with Crippen molar-refractivity contribution in [1.82, 2.24) is 5.32 Å². The lowest BCUT2D eigenvalue weighted by Gasteiger charge is -2.46. The Kier molecular flexibility index (Phi) is 7.98. The number of hydrogen-bond acceptors (Lipinski definition) is 10. The van der Waals surface area contributed by atoms with Gasteiger partial charge >= 0.3 is 11.8 Å². The molecule has 6 atom stereocenters. The minimum atomic E-state index is -2.20. The van der Waals surface area contributed by atoms with E-state index in [1.807, 2.05) is 0 Å². The van der Waals surface area contributed by atoms with Gasteiger partial charge in [-0.05, 0) is 24.3 Å². The third kappa shape index (κ3) is 5.18. The predicted octanol–water partition coefficient (Wildman–Crippen LogP) is -1.69. The number of esters is 1. The average Bonchev–Trinajstić information content (AvgIpc) is 2.74. The molecule has 11 heteroatoms. The molecular weight excluding hydrogens is 402 g/mol. The predicted molar refractivity (Wildman–Crippen MR) is 101 cm³/mol. The summed E-state index contributed by atoms with van der Waals surface area (Å²) in [5, 5.41) is 42.6. The van der Waals surface area contributed by atoms with E-state index in [9.17, 15) is 30.0 Å². The van der Waals surface area contributed by atoms with Crippen LogP contribution in [0.2, 0.25) is 0 Å². The van der Waals surface area contributed by atoms with E-state index in [0.717, 1.165) is 7.11 Å². The van der Waals surface area contributed by atoms with Crippen molar-refractivity contribution in [3.05, 3.63) is 24.3 Å². The first-order valence-electron chi connectivity index (χ1n) is 9.19. The summed E-state index contributed by atoms with van der Waals surface area (Å²) >= 11 is 0. The minimum Gasteiger partial charge on any atom is -0.497 e. The summed E-state index contributed by atoms with van der Waals surface area (Å²) in [6.45, 7) is 0.364. The van der Waals surface area contributed by atoms with Gasteiger partial charge in [-0.1, -0.05) is 0 Å². The van der Waals surface area contributed by atoms with Crippen LogP contribution < -0.4 is 14.8 Å². The summed E-state index contributed by atoms with van der Waals surface area (Å²) in [4.78, 5) is 24.2. The molecule has 0 aliphatic carbocycles. The Morgan fingerprint density at radius 2 is 1.83 bits per heavy atom. The van der Waals surface area contributed by atoms with Crippen LogP contribution >= 0.6 is 0 Å². The van der Waals surface area contributed by atoms with Gasteiger partial charge in [-0.15, -0.1) is 0 Å². The summed E-state index contributed by atoms with van der Waals surface area (Å²) in [5.41, 5.74) is 0. The van der Waals surface area contributed by atoms with Crippen LogP contribution in [0.15, 0.2) is 24.3 Å². The number of aliphatic hydroxyl groups is 4. The zero-order chi connectivity index (χ0) is 22.5. The highest BCUT2D eigenvalue weighted by Gasteiger charge is 2.57. The van der Waals surface area contributed by atoms with Crippen molar-refractivity contribution in [1.29, 1.82) is 0 Å². The molecule has 2 rings (SSSR count). The number of nitrogens with one attached hydrogen (secondary N) is 1. The molecule has 5 N–H and O–H groups in total. The molecule has 0 spiro atoms. The Balaban J connectivity index is 2.43. The second-order valence-corrected chi connectivity index (χ2v) is 6.84. The normalized spacial score (nSPS) is 28.2. The zero-order valence-electron chi connectivity index (χ0n) is 16.8. The van der Waals surface area contributed by atoms with Crippen LogP contribution in [-0.4, -0.2) is 89.4 Å². The van der Waals surface area contributed by atoms with Crippen LogP contribution in [0, 0.1) is 0 Å². The molecular formula is C19H27NO10. The van der Waals surface area contributed by atoms with E-state index in [-0.39, 0.29) is 5.75 Å². The average molecular weight is 429 g/mol. The molecule has 1 saturated heterocycles. The number of hydrogen-bond donors (Lipinski definition) is 5. The fourth-order valence-corrected chi connectivity index (χ4v) is 3.21. The Morgan fingerprint density at radius 3 is 2.33 bits per heavy atom. The van der Waals surface area contributed by atoms with Gasteiger partial charge in [0.15, 0.2) is 0 Å². The largest absolute Gasteiger partial charge is 0.497 e. The molecule has 30 heavy (non-hydrogen) atoms. The molecule has 0 unspecified atom stereocenters. The Hall–Kier alpha value is -2.44. The van der Waals surface area contributed by atoms with Gasteiger partial charge in [0, 0.05) is 6.92 Å². The van der Waals surface area contributed by atoms with E-state index in [2.05, 4.69) is 5.32 Å². The maximum atomic E-state index is 12.6. The van der Waals surface area contributed by atoms with Gasteiger partial charge in [-0.2, -0.15) is 0 Å². The fourth-order valence-electron chi connectivity index (χ4n) is 3.21. The van der Waals surface area contributed by atoms with Crippen molar-refractivity contribution < 1.29 is 49.0 Å². The van der Waals surface area contributed by atoms with Crippen LogP contribution in [0.25, 0.3) is 0 Å². The van der Waals surface area contributed by atoms with Gasteiger partial charge in [0.2, 0.25) is 5.91 Å². The Bertz CT molecular complexity index is 727. The fraction of sp³-hybridized carbons (Fsp3) is 0.579. The summed E-state index contributed by atoms with van der Waals surface area (Å²) in [6.07, 6.45) is -6.84. The molecule has 0 radical (unpaired) electrons. The number of benzene rings is 1. The maximum absolute atomic E-state index is 12.6. The summed E-state index contributed by atoms with van der Waals surface area (Å²) in [7, 11) is 2.57. The molecule has 1 aliphatic heterocycles. The molecule has 1 heterocycles. The van der Waals surface area contributed by atoms with Gasteiger partial charge in [0.05, 0.1) is 39.4 Å². The smallest absolute Gasteiger partial charge is 0.379 e. The molecule has 11 nitrogen and oxygen atoms in total. The third-order valence-corrected chi connectivity index (χ3v) is 4.70. The molecule has 0 saturated carbocycles. The highest BCUT2D eigenvalue weighted by atomic mass is 16.7. The number of amides is 1. The van der Waals surface area contributed by atoms with E-state index in [1.165, 1.54) is 26.2 Å². The van der Waals surface area contributed by atoms with Crippen LogP contribution in [0.3, 0.4) is 0 Å². The van der Waals surface area contributed by atoms with Crippen LogP contribution in [0.5, 0.6) is 11.5 Å². The summed E-state index contributed by atoms with van der Waals surface area (Å²) < 4.78 is 21.3. The lowest BCUT2D eigenvalue weighted by Crippen LogP contribution is -2.68. The number of carbonyl (C=O) groups is 2. The van der Waals surface area contributed by atoms with Gasteiger partial charge < -0.3 is 44.7 Å². The molecule has 0 aromatic heterocycles. The van der Waals surface area contributed by atoms with Gasteiger partial charge in [-0.25, -0.2) is 4.79 Å². The quantitative estimate of drug-likeness (QED) is 0.301. The van der Waals surface area contributed by atoms with Crippen molar-refractivity contribution in [2.24, 2.45) is 0 Å². The van der Waals surface area contributed by atoms with Gasteiger partial charge in [0.25, 0.3) is 0 Å². The molecule has 168 valence electrons.